The lowest BCUT2D eigenvalue weighted by Gasteiger charge is -2.14. The Kier molecular flexibility index (Phi) is 3.85. The summed E-state index contributed by atoms with van der Waals surface area (Å²) in [7, 11) is 0. The molecule has 0 spiro atoms. The Bertz CT molecular complexity index is 559. The molecule has 0 aliphatic rings. The third-order valence-corrected chi connectivity index (χ3v) is 3.02. The van der Waals surface area contributed by atoms with Crippen LogP contribution in [0.25, 0.3) is 0 Å². The van der Waals surface area contributed by atoms with Gasteiger partial charge in [-0.1, -0.05) is 5.16 Å². The zero-order valence-corrected chi connectivity index (χ0v) is 11.2. The number of nitrogens with zero attached hydrogens (tertiary/aromatic N) is 1. The molecule has 1 aromatic carbocycles. The number of rotatable bonds is 4. The van der Waals surface area contributed by atoms with Gasteiger partial charge < -0.3 is 15.0 Å². The lowest BCUT2D eigenvalue weighted by Crippen LogP contribution is -2.09. The minimum absolute atomic E-state index is 0.296. The normalized spacial score (nSPS) is 12.5. The van der Waals surface area contributed by atoms with Gasteiger partial charge >= 0.3 is 0 Å². The minimum atomic E-state index is -0.322. The van der Waals surface area contributed by atoms with Gasteiger partial charge in [0.2, 0.25) is 0 Å². The van der Waals surface area contributed by atoms with Crippen LogP contribution in [0.5, 0.6) is 5.75 Å². The molecule has 102 valence electrons. The van der Waals surface area contributed by atoms with Gasteiger partial charge in [-0.05, 0) is 39.0 Å². The lowest BCUT2D eigenvalue weighted by atomic mass is 10.1. The van der Waals surface area contributed by atoms with Crippen molar-refractivity contribution in [3.05, 3.63) is 46.6 Å². The van der Waals surface area contributed by atoms with Gasteiger partial charge in [-0.25, -0.2) is 4.39 Å². The molecule has 19 heavy (non-hydrogen) atoms. The Hall–Kier alpha value is -1.88. The molecule has 0 unspecified atom stereocenters. The molecule has 0 aliphatic carbocycles. The van der Waals surface area contributed by atoms with Gasteiger partial charge in [0.25, 0.3) is 0 Å². The Morgan fingerprint density at radius 2 is 2.16 bits per heavy atom. The molecule has 4 nitrogen and oxygen atoms in total. The molecule has 0 fully saturated rings. The summed E-state index contributed by atoms with van der Waals surface area (Å²) < 4.78 is 24.0. The van der Waals surface area contributed by atoms with E-state index in [1.807, 2.05) is 13.8 Å². The third-order valence-electron chi connectivity index (χ3n) is 3.02. The number of nitrogens with two attached hydrogens (primary N) is 1. The second-order valence-corrected chi connectivity index (χ2v) is 4.56. The van der Waals surface area contributed by atoms with Crippen LogP contribution in [-0.4, -0.2) is 5.16 Å². The first-order valence-corrected chi connectivity index (χ1v) is 6.08. The molecule has 0 saturated heterocycles. The van der Waals surface area contributed by atoms with Crippen molar-refractivity contribution >= 4 is 0 Å². The summed E-state index contributed by atoms with van der Waals surface area (Å²) in [4.78, 5) is 0. The van der Waals surface area contributed by atoms with Crippen molar-refractivity contribution in [1.29, 1.82) is 0 Å². The Morgan fingerprint density at radius 1 is 1.42 bits per heavy atom. The van der Waals surface area contributed by atoms with Gasteiger partial charge in [0.15, 0.2) is 0 Å². The number of benzene rings is 1. The van der Waals surface area contributed by atoms with E-state index in [1.54, 1.807) is 13.0 Å². The average molecular weight is 264 g/mol. The molecule has 2 N–H and O–H groups in total. The summed E-state index contributed by atoms with van der Waals surface area (Å²) in [5.74, 6) is 0.982. The standard InChI is InChI=1S/C14H17FN2O2/c1-8(16)12-6-11(15)4-5-14(12)18-7-13-9(2)17-19-10(13)3/h4-6,8H,7,16H2,1-3H3/t8-/m1/s1. The summed E-state index contributed by atoms with van der Waals surface area (Å²) in [5.41, 5.74) is 8.16. The molecular formula is C14H17FN2O2. The van der Waals surface area contributed by atoms with Gasteiger partial charge in [0.05, 0.1) is 11.3 Å². The van der Waals surface area contributed by atoms with E-state index in [9.17, 15) is 4.39 Å². The van der Waals surface area contributed by atoms with Crippen molar-refractivity contribution in [2.45, 2.75) is 33.4 Å². The Labute approximate surface area is 111 Å². The zero-order chi connectivity index (χ0) is 14.0. The monoisotopic (exact) mass is 264 g/mol. The molecule has 0 radical (unpaired) electrons. The summed E-state index contributed by atoms with van der Waals surface area (Å²) in [6.45, 7) is 5.80. The fraction of sp³-hybridized carbons (Fsp3) is 0.357. The maximum absolute atomic E-state index is 13.2. The molecule has 2 aromatic rings. The van der Waals surface area contributed by atoms with Crippen molar-refractivity contribution < 1.29 is 13.7 Å². The van der Waals surface area contributed by atoms with Crippen LogP contribution in [-0.2, 0) is 6.61 Å². The van der Waals surface area contributed by atoms with Crippen molar-refractivity contribution in [2.24, 2.45) is 5.73 Å². The van der Waals surface area contributed by atoms with Gasteiger partial charge in [-0.15, -0.1) is 0 Å². The maximum atomic E-state index is 13.2. The van der Waals surface area contributed by atoms with Crippen molar-refractivity contribution in [3.8, 4) is 5.75 Å². The summed E-state index contributed by atoms with van der Waals surface area (Å²) in [6.07, 6.45) is 0. The molecule has 1 aromatic heterocycles. The fourth-order valence-electron chi connectivity index (χ4n) is 1.86. The first-order valence-electron chi connectivity index (χ1n) is 6.08. The quantitative estimate of drug-likeness (QED) is 0.922. The SMILES string of the molecule is Cc1noc(C)c1COc1ccc(F)cc1[C@@H](C)N. The predicted molar refractivity (Wildman–Crippen MR) is 69.3 cm³/mol. The van der Waals surface area contributed by atoms with Crippen LogP contribution in [0, 0.1) is 19.7 Å². The Balaban J connectivity index is 2.20. The number of hydrogen-bond donors (Lipinski definition) is 1. The fourth-order valence-corrected chi connectivity index (χ4v) is 1.86. The molecule has 0 amide bonds. The van der Waals surface area contributed by atoms with Crippen LogP contribution < -0.4 is 10.5 Å². The number of aromatic nitrogens is 1. The van der Waals surface area contributed by atoms with Crippen molar-refractivity contribution in [2.75, 3.05) is 0 Å². The highest BCUT2D eigenvalue weighted by Gasteiger charge is 2.13. The van der Waals surface area contributed by atoms with Crippen LogP contribution >= 0.6 is 0 Å². The van der Waals surface area contributed by atoms with Crippen LogP contribution in [0.2, 0.25) is 0 Å². The Morgan fingerprint density at radius 3 is 2.74 bits per heavy atom. The first kappa shape index (κ1) is 13.5. The highest BCUT2D eigenvalue weighted by Crippen LogP contribution is 2.26. The average Bonchev–Trinajstić information content (AvgIpc) is 2.68. The number of aryl methyl sites for hydroxylation is 2. The summed E-state index contributed by atoms with van der Waals surface area (Å²) in [6, 6.07) is 4.05. The topological polar surface area (TPSA) is 61.3 Å². The molecule has 5 heteroatoms. The van der Waals surface area contributed by atoms with E-state index < -0.39 is 0 Å². The largest absolute Gasteiger partial charge is 0.488 e. The van der Waals surface area contributed by atoms with E-state index in [-0.39, 0.29) is 11.9 Å². The van der Waals surface area contributed by atoms with Crippen LogP contribution in [0.15, 0.2) is 22.7 Å². The van der Waals surface area contributed by atoms with Crippen LogP contribution in [0.3, 0.4) is 0 Å². The van der Waals surface area contributed by atoms with Crippen molar-refractivity contribution in [1.82, 2.24) is 5.16 Å². The molecule has 2 rings (SSSR count). The lowest BCUT2D eigenvalue weighted by molar-refractivity contribution is 0.296. The van der Waals surface area contributed by atoms with E-state index in [0.29, 0.717) is 17.9 Å². The smallest absolute Gasteiger partial charge is 0.140 e. The molecule has 1 atom stereocenters. The second kappa shape index (κ2) is 5.40. The second-order valence-electron chi connectivity index (χ2n) is 4.56. The third kappa shape index (κ3) is 2.93. The number of halogens is 1. The highest BCUT2D eigenvalue weighted by atomic mass is 19.1. The predicted octanol–water partition coefficient (Wildman–Crippen LogP) is 3.03. The molecule has 0 bridgehead atoms. The van der Waals surface area contributed by atoms with Gasteiger partial charge in [0, 0.05) is 11.6 Å². The maximum Gasteiger partial charge on any atom is 0.140 e. The van der Waals surface area contributed by atoms with Gasteiger partial charge in [0.1, 0.15) is 23.9 Å². The number of hydrogen-bond acceptors (Lipinski definition) is 4. The van der Waals surface area contributed by atoms with Gasteiger partial charge in [-0.3, -0.25) is 0 Å². The first-order chi connectivity index (χ1) is 8.99. The van der Waals surface area contributed by atoms with E-state index in [0.717, 1.165) is 17.0 Å². The highest BCUT2D eigenvalue weighted by molar-refractivity contribution is 5.36. The van der Waals surface area contributed by atoms with E-state index in [4.69, 9.17) is 15.0 Å². The van der Waals surface area contributed by atoms with Gasteiger partial charge in [-0.2, -0.15) is 0 Å². The molecular weight excluding hydrogens is 247 g/mol. The van der Waals surface area contributed by atoms with E-state index >= 15 is 0 Å². The molecule has 0 saturated carbocycles. The minimum Gasteiger partial charge on any atom is -0.488 e. The molecule has 1 heterocycles. The molecule has 0 aliphatic heterocycles. The van der Waals surface area contributed by atoms with Crippen LogP contribution in [0.1, 0.15) is 35.5 Å². The van der Waals surface area contributed by atoms with E-state index in [1.165, 1.54) is 12.1 Å². The van der Waals surface area contributed by atoms with Crippen LogP contribution in [0.4, 0.5) is 4.39 Å². The van der Waals surface area contributed by atoms with E-state index in [2.05, 4.69) is 5.16 Å². The summed E-state index contributed by atoms with van der Waals surface area (Å²) >= 11 is 0. The zero-order valence-electron chi connectivity index (χ0n) is 11.2. The summed E-state index contributed by atoms with van der Waals surface area (Å²) in [5, 5.41) is 3.86. The number of ether oxygens (including phenoxy) is 1. The van der Waals surface area contributed by atoms with Crippen molar-refractivity contribution in [3.63, 3.8) is 0 Å².